The van der Waals surface area contributed by atoms with Gasteiger partial charge in [0.1, 0.15) is 5.82 Å². The zero-order valence-electron chi connectivity index (χ0n) is 9.90. The number of hydrogen-bond donors (Lipinski definition) is 1. The second-order valence-corrected chi connectivity index (χ2v) is 3.80. The molecule has 0 amide bonds. The SMILES string of the molecule is CCOCC(C)NCc1cc(F)c(F)cc1F. The molecule has 1 unspecified atom stereocenters. The molecule has 2 nitrogen and oxygen atoms in total. The van der Waals surface area contributed by atoms with Crippen LogP contribution in [0.5, 0.6) is 0 Å². The normalized spacial score (nSPS) is 12.8. The van der Waals surface area contributed by atoms with Gasteiger partial charge in [0.05, 0.1) is 6.61 Å². The molecule has 0 aliphatic rings. The van der Waals surface area contributed by atoms with E-state index in [0.29, 0.717) is 19.3 Å². The van der Waals surface area contributed by atoms with Crippen molar-refractivity contribution in [3.05, 3.63) is 35.1 Å². The molecule has 0 spiro atoms. The van der Waals surface area contributed by atoms with Crippen molar-refractivity contribution in [1.82, 2.24) is 5.32 Å². The van der Waals surface area contributed by atoms with E-state index < -0.39 is 17.5 Å². The Morgan fingerprint density at radius 1 is 1.18 bits per heavy atom. The summed E-state index contributed by atoms with van der Waals surface area (Å²) in [5.41, 5.74) is 0.104. The van der Waals surface area contributed by atoms with Crippen molar-refractivity contribution < 1.29 is 17.9 Å². The predicted octanol–water partition coefficient (Wildman–Crippen LogP) is 2.62. The summed E-state index contributed by atoms with van der Waals surface area (Å²) in [7, 11) is 0. The van der Waals surface area contributed by atoms with Gasteiger partial charge in [-0.15, -0.1) is 0 Å². The van der Waals surface area contributed by atoms with Gasteiger partial charge in [0, 0.05) is 30.8 Å². The highest BCUT2D eigenvalue weighted by Crippen LogP contribution is 2.13. The molecule has 1 aromatic rings. The minimum atomic E-state index is -1.17. The minimum Gasteiger partial charge on any atom is -0.380 e. The number of hydrogen-bond acceptors (Lipinski definition) is 2. The van der Waals surface area contributed by atoms with Gasteiger partial charge in [-0.2, -0.15) is 0 Å². The Kier molecular flexibility index (Phi) is 5.44. The van der Waals surface area contributed by atoms with Crippen LogP contribution in [0.15, 0.2) is 12.1 Å². The van der Waals surface area contributed by atoms with Gasteiger partial charge < -0.3 is 10.1 Å². The average molecular weight is 247 g/mol. The van der Waals surface area contributed by atoms with Crippen LogP contribution in [0, 0.1) is 17.5 Å². The van der Waals surface area contributed by atoms with Crippen LogP contribution in [0.1, 0.15) is 19.4 Å². The molecule has 0 bridgehead atoms. The number of nitrogens with one attached hydrogen (secondary N) is 1. The summed E-state index contributed by atoms with van der Waals surface area (Å²) in [5.74, 6) is -2.96. The third kappa shape index (κ3) is 4.36. The fourth-order valence-electron chi connectivity index (χ4n) is 1.34. The number of ether oxygens (including phenoxy) is 1. The smallest absolute Gasteiger partial charge is 0.161 e. The van der Waals surface area contributed by atoms with E-state index in [-0.39, 0.29) is 18.2 Å². The fourth-order valence-corrected chi connectivity index (χ4v) is 1.34. The maximum atomic E-state index is 13.3. The Hall–Kier alpha value is -1.07. The number of benzene rings is 1. The molecule has 5 heteroatoms. The first kappa shape index (κ1) is 14.0. The first-order valence-electron chi connectivity index (χ1n) is 5.49. The molecule has 17 heavy (non-hydrogen) atoms. The molecule has 0 aliphatic carbocycles. The van der Waals surface area contributed by atoms with Crippen molar-refractivity contribution >= 4 is 0 Å². The summed E-state index contributed by atoms with van der Waals surface area (Å²) in [5, 5.41) is 2.97. The monoisotopic (exact) mass is 247 g/mol. The molecule has 1 aromatic carbocycles. The highest BCUT2D eigenvalue weighted by atomic mass is 19.2. The van der Waals surface area contributed by atoms with Crippen molar-refractivity contribution in [2.45, 2.75) is 26.4 Å². The Morgan fingerprint density at radius 2 is 1.82 bits per heavy atom. The van der Waals surface area contributed by atoms with E-state index in [2.05, 4.69) is 5.32 Å². The van der Waals surface area contributed by atoms with Gasteiger partial charge in [-0.3, -0.25) is 0 Å². The summed E-state index contributed by atoms with van der Waals surface area (Å²) in [4.78, 5) is 0. The first-order valence-corrected chi connectivity index (χ1v) is 5.49. The molecule has 96 valence electrons. The first-order chi connectivity index (χ1) is 8.04. The molecule has 0 aromatic heterocycles. The molecule has 0 saturated heterocycles. The lowest BCUT2D eigenvalue weighted by Gasteiger charge is -2.14. The van der Waals surface area contributed by atoms with E-state index in [1.165, 1.54) is 0 Å². The molecule has 0 aliphatic heterocycles. The summed E-state index contributed by atoms with van der Waals surface area (Å²) in [6, 6.07) is 1.44. The highest BCUT2D eigenvalue weighted by molar-refractivity contribution is 5.19. The predicted molar refractivity (Wildman–Crippen MR) is 59.1 cm³/mol. The Balaban J connectivity index is 2.54. The average Bonchev–Trinajstić information content (AvgIpc) is 2.29. The van der Waals surface area contributed by atoms with Gasteiger partial charge in [0.25, 0.3) is 0 Å². The Bertz CT molecular complexity index is 371. The topological polar surface area (TPSA) is 21.3 Å². The van der Waals surface area contributed by atoms with Crippen LogP contribution in [-0.2, 0) is 11.3 Å². The van der Waals surface area contributed by atoms with Crippen molar-refractivity contribution in [2.24, 2.45) is 0 Å². The molecular weight excluding hydrogens is 231 g/mol. The summed E-state index contributed by atoms with van der Waals surface area (Å²) < 4.78 is 44.0. The van der Waals surface area contributed by atoms with Gasteiger partial charge in [0.15, 0.2) is 11.6 Å². The van der Waals surface area contributed by atoms with Gasteiger partial charge in [-0.25, -0.2) is 13.2 Å². The fraction of sp³-hybridized carbons (Fsp3) is 0.500. The Labute approximate surface area is 98.8 Å². The van der Waals surface area contributed by atoms with E-state index in [9.17, 15) is 13.2 Å². The Morgan fingerprint density at radius 3 is 2.47 bits per heavy atom. The number of halogens is 3. The standard InChI is InChI=1S/C12H16F3NO/c1-3-17-7-8(2)16-6-9-4-11(14)12(15)5-10(9)13/h4-5,8,16H,3,6-7H2,1-2H3. The molecular formula is C12H16F3NO. The van der Waals surface area contributed by atoms with Crippen molar-refractivity contribution in [3.63, 3.8) is 0 Å². The maximum Gasteiger partial charge on any atom is 0.161 e. The van der Waals surface area contributed by atoms with Crippen molar-refractivity contribution in [3.8, 4) is 0 Å². The van der Waals surface area contributed by atoms with Gasteiger partial charge in [-0.05, 0) is 19.9 Å². The minimum absolute atomic E-state index is 0.0162. The van der Waals surface area contributed by atoms with E-state index >= 15 is 0 Å². The molecule has 1 atom stereocenters. The highest BCUT2D eigenvalue weighted by Gasteiger charge is 2.10. The second kappa shape index (κ2) is 6.61. The van der Waals surface area contributed by atoms with Crippen LogP contribution in [0.4, 0.5) is 13.2 Å². The zero-order valence-corrected chi connectivity index (χ0v) is 9.90. The van der Waals surface area contributed by atoms with Crippen LogP contribution >= 0.6 is 0 Å². The molecule has 1 N–H and O–H groups in total. The quantitative estimate of drug-likeness (QED) is 0.780. The van der Waals surface area contributed by atoms with Gasteiger partial charge >= 0.3 is 0 Å². The zero-order chi connectivity index (χ0) is 12.8. The van der Waals surface area contributed by atoms with Crippen LogP contribution in [-0.4, -0.2) is 19.3 Å². The van der Waals surface area contributed by atoms with Crippen LogP contribution in [0.2, 0.25) is 0 Å². The van der Waals surface area contributed by atoms with E-state index in [0.717, 1.165) is 6.07 Å². The van der Waals surface area contributed by atoms with Crippen molar-refractivity contribution in [2.75, 3.05) is 13.2 Å². The number of rotatable bonds is 6. The largest absolute Gasteiger partial charge is 0.380 e. The summed E-state index contributed by atoms with van der Waals surface area (Å²) >= 11 is 0. The molecule has 0 fully saturated rings. The second-order valence-electron chi connectivity index (χ2n) is 3.80. The molecule has 0 heterocycles. The van der Waals surface area contributed by atoms with E-state index in [1.54, 1.807) is 0 Å². The van der Waals surface area contributed by atoms with E-state index in [4.69, 9.17) is 4.74 Å². The molecule has 0 saturated carbocycles. The lowest BCUT2D eigenvalue weighted by Crippen LogP contribution is -2.30. The third-order valence-corrected chi connectivity index (χ3v) is 2.30. The molecule has 0 radical (unpaired) electrons. The van der Waals surface area contributed by atoms with Gasteiger partial charge in [-0.1, -0.05) is 0 Å². The summed E-state index contributed by atoms with van der Waals surface area (Å²) in [6.07, 6.45) is 0. The lowest BCUT2D eigenvalue weighted by molar-refractivity contribution is 0.127. The van der Waals surface area contributed by atoms with Crippen molar-refractivity contribution in [1.29, 1.82) is 0 Å². The van der Waals surface area contributed by atoms with Crippen LogP contribution in [0.3, 0.4) is 0 Å². The molecule has 1 rings (SSSR count). The summed E-state index contributed by atoms with van der Waals surface area (Å²) in [6.45, 7) is 4.97. The lowest BCUT2D eigenvalue weighted by atomic mass is 10.2. The maximum absolute atomic E-state index is 13.3. The van der Waals surface area contributed by atoms with E-state index in [1.807, 2.05) is 13.8 Å². The van der Waals surface area contributed by atoms with Crippen LogP contribution < -0.4 is 5.32 Å². The van der Waals surface area contributed by atoms with Crippen LogP contribution in [0.25, 0.3) is 0 Å². The third-order valence-electron chi connectivity index (χ3n) is 2.30. The van der Waals surface area contributed by atoms with Gasteiger partial charge in [0.2, 0.25) is 0 Å².